The summed E-state index contributed by atoms with van der Waals surface area (Å²) >= 11 is 11.8. The quantitative estimate of drug-likeness (QED) is 0.578. The molecule has 156 valence electrons. The van der Waals surface area contributed by atoms with Gasteiger partial charge < -0.3 is 19.7 Å². The third kappa shape index (κ3) is 4.05. The molecule has 1 aliphatic heterocycles. The lowest BCUT2D eigenvalue weighted by molar-refractivity contribution is 0.272. The van der Waals surface area contributed by atoms with Crippen LogP contribution >= 0.6 is 23.8 Å². The van der Waals surface area contributed by atoms with Gasteiger partial charge in [-0.1, -0.05) is 17.7 Å². The van der Waals surface area contributed by atoms with Crippen molar-refractivity contribution < 1.29 is 4.39 Å². The highest BCUT2D eigenvalue weighted by Gasteiger charge is 2.41. The Bertz CT molecular complexity index is 1040. The van der Waals surface area contributed by atoms with E-state index >= 15 is 0 Å². The molecule has 0 unspecified atom stereocenters. The van der Waals surface area contributed by atoms with Crippen LogP contribution in [0, 0.1) is 5.82 Å². The van der Waals surface area contributed by atoms with Gasteiger partial charge in [-0.3, -0.25) is 4.98 Å². The molecule has 1 N–H and O–H groups in total. The van der Waals surface area contributed by atoms with Gasteiger partial charge in [0, 0.05) is 36.9 Å². The van der Waals surface area contributed by atoms with Crippen molar-refractivity contribution in [1.29, 1.82) is 0 Å². The van der Waals surface area contributed by atoms with Crippen molar-refractivity contribution in [3.8, 4) is 5.69 Å². The highest BCUT2D eigenvalue weighted by molar-refractivity contribution is 7.80. The van der Waals surface area contributed by atoms with Crippen LogP contribution in [0.25, 0.3) is 5.69 Å². The van der Waals surface area contributed by atoms with Crippen LogP contribution in [-0.2, 0) is 0 Å². The number of benzene rings is 1. The van der Waals surface area contributed by atoms with Crippen molar-refractivity contribution in [2.75, 3.05) is 27.2 Å². The molecule has 0 radical (unpaired) electrons. The monoisotopic (exact) mass is 443 g/mol. The van der Waals surface area contributed by atoms with Gasteiger partial charge in [-0.25, -0.2) is 4.39 Å². The molecule has 30 heavy (non-hydrogen) atoms. The zero-order valence-corrected chi connectivity index (χ0v) is 18.4. The standard InChI is InChI=1S/C22H23ClFN5S/c1-27(2)12-13-29-21(20(26-22(29)30)18-6-3-4-10-25-18)19-7-5-11-28(19)15-8-9-17(24)16(23)14-15/h3-11,14,20-21H,12-13H2,1-2H3,(H,26,30)/t20-,21+/m1/s1. The third-order valence-corrected chi connectivity index (χ3v) is 5.89. The molecule has 0 bridgehead atoms. The highest BCUT2D eigenvalue weighted by atomic mass is 35.5. The van der Waals surface area contributed by atoms with E-state index in [1.807, 2.05) is 49.1 Å². The molecule has 8 heteroatoms. The lowest BCUT2D eigenvalue weighted by Gasteiger charge is -2.29. The van der Waals surface area contributed by atoms with E-state index < -0.39 is 5.82 Å². The topological polar surface area (TPSA) is 36.3 Å². The minimum absolute atomic E-state index is 0.0776. The Kier molecular flexibility index (Phi) is 6.04. The second kappa shape index (κ2) is 8.71. The Morgan fingerprint density at radius 3 is 2.73 bits per heavy atom. The van der Waals surface area contributed by atoms with E-state index in [9.17, 15) is 4.39 Å². The molecular formula is C22H23ClFN5S. The normalized spacial score (nSPS) is 18.8. The minimum Gasteiger partial charge on any atom is -0.352 e. The Hall–Kier alpha value is -2.48. The Morgan fingerprint density at radius 2 is 2.03 bits per heavy atom. The number of pyridine rings is 1. The van der Waals surface area contributed by atoms with Crippen LogP contribution in [0.5, 0.6) is 0 Å². The number of rotatable bonds is 6. The summed E-state index contributed by atoms with van der Waals surface area (Å²) < 4.78 is 15.8. The first-order valence-corrected chi connectivity index (χ1v) is 10.5. The smallest absolute Gasteiger partial charge is 0.170 e. The Labute approximate surface area is 186 Å². The van der Waals surface area contributed by atoms with Gasteiger partial charge in [0.2, 0.25) is 0 Å². The number of thiocarbonyl (C=S) groups is 1. The summed E-state index contributed by atoms with van der Waals surface area (Å²) in [5.74, 6) is -0.434. The number of hydrogen-bond acceptors (Lipinski definition) is 3. The molecular weight excluding hydrogens is 421 g/mol. The van der Waals surface area contributed by atoms with Crippen molar-refractivity contribution >= 4 is 28.9 Å². The average molecular weight is 444 g/mol. The largest absolute Gasteiger partial charge is 0.352 e. The third-order valence-electron chi connectivity index (χ3n) is 5.25. The molecule has 1 saturated heterocycles. The summed E-state index contributed by atoms with van der Waals surface area (Å²) in [6.07, 6.45) is 3.75. The number of nitrogens with one attached hydrogen (secondary N) is 1. The van der Waals surface area contributed by atoms with Crippen LogP contribution in [0.15, 0.2) is 60.9 Å². The second-order valence-corrected chi connectivity index (χ2v) is 8.32. The summed E-state index contributed by atoms with van der Waals surface area (Å²) in [6.45, 7) is 1.62. The molecule has 1 aromatic carbocycles. The fourth-order valence-electron chi connectivity index (χ4n) is 3.78. The maximum Gasteiger partial charge on any atom is 0.170 e. The van der Waals surface area contributed by atoms with Gasteiger partial charge in [-0.15, -0.1) is 0 Å². The zero-order chi connectivity index (χ0) is 21.3. The molecule has 4 rings (SSSR count). The van der Waals surface area contributed by atoms with E-state index in [0.29, 0.717) is 5.11 Å². The van der Waals surface area contributed by atoms with Crippen molar-refractivity contribution in [3.05, 3.63) is 83.2 Å². The van der Waals surface area contributed by atoms with Crippen LogP contribution in [-0.4, -0.2) is 51.6 Å². The molecule has 0 amide bonds. The number of aromatic nitrogens is 2. The maximum atomic E-state index is 13.7. The summed E-state index contributed by atoms with van der Waals surface area (Å²) in [7, 11) is 4.09. The van der Waals surface area contributed by atoms with Crippen LogP contribution in [0.4, 0.5) is 4.39 Å². The average Bonchev–Trinajstić information content (AvgIpc) is 3.33. The fourth-order valence-corrected chi connectivity index (χ4v) is 4.29. The van der Waals surface area contributed by atoms with Gasteiger partial charge in [-0.2, -0.15) is 0 Å². The van der Waals surface area contributed by atoms with Crippen LogP contribution in [0.2, 0.25) is 5.02 Å². The predicted molar refractivity (Wildman–Crippen MR) is 121 cm³/mol. The molecule has 1 aliphatic rings. The molecule has 2 aromatic heterocycles. The van der Waals surface area contributed by atoms with E-state index in [0.717, 1.165) is 30.2 Å². The second-order valence-electron chi connectivity index (χ2n) is 7.52. The van der Waals surface area contributed by atoms with E-state index in [4.69, 9.17) is 23.8 Å². The number of likely N-dealkylation sites (N-methyl/N-ethyl adjacent to an activating group) is 1. The first-order valence-electron chi connectivity index (χ1n) is 9.71. The maximum absolute atomic E-state index is 13.7. The molecule has 1 fully saturated rings. The molecule has 0 saturated carbocycles. The van der Waals surface area contributed by atoms with E-state index in [2.05, 4.69) is 26.2 Å². The summed E-state index contributed by atoms with van der Waals surface area (Å²) in [6, 6.07) is 14.5. The molecule has 5 nitrogen and oxygen atoms in total. The van der Waals surface area contributed by atoms with Gasteiger partial charge in [0.1, 0.15) is 5.82 Å². The van der Waals surface area contributed by atoms with Crippen LogP contribution in [0.3, 0.4) is 0 Å². The predicted octanol–water partition coefficient (Wildman–Crippen LogP) is 4.20. The van der Waals surface area contributed by atoms with Crippen molar-refractivity contribution in [1.82, 2.24) is 24.7 Å². The highest BCUT2D eigenvalue weighted by Crippen LogP contribution is 2.39. The van der Waals surface area contributed by atoms with Crippen molar-refractivity contribution in [2.45, 2.75) is 12.1 Å². The summed E-state index contributed by atoms with van der Waals surface area (Å²) in [4.78, 5) is 8.91. The molecule has 3 heterocycles. The van der Waals surface area contributed by atoms with E-state index in [-0.39, 0.29) is 17.1 Å². The van der Waals surface area contributed by atoms with Gasteiger partial charge in [0.15, 0.2) is 5.11 Å². The van der Waals surface area contributed by atoms with Gasteiger partial charge in [0.25, 0.3) is 0 Å². The lowest BCUT2D eigenvalue weighted by atomic mass is 10.0. The molecule has 3 aromatic rings. The van der Waals surface area contributed by atoms with Crippen molar-refractivity contribution in [3.63, 3.8) is 0 Å². The minimum atomic E-state index is -0.434. The van der Waals surface area contributed by atoms with E-state index in [1.54, 1.807) is 18.3 Å². The zero-order valence-electron chi connectivity index (χ0n) is 16.8. The summed E-state index contributed by atoms with van der Waals surface area (Å²) in [5.41, 5.74) is 2.74. The molecule has 0 aliphatic carbocycles. The Morgan fingerprint density at radius 1 is 1.20 bits per heavy atom. The Balaban J connectivity index is 1.78. The fraction of sp³-hybridized carbons (Fsp3) is 0.273. The first kappa shape index (κ1) is 20.8. The van der Waals surface area contributed by atoms with Gasteiger partial charge in [0.05, 0.1) is 22.8 Å². The summed E-state index contributed by atoms with van der Waals surface area (Å²) in [5, 5.41) is 4.25. The molecule has 2 atom stereocenters. The van der Waals surface area contributed by atoms with Gasteiger partial charge in [-0.05, 0) is 68.8 Å². The SMILES string of the molecule is CN(C)CCN1C(=S)N[C@H](c2ccccn2)[C@@H]1c1cccn1-c1ccc(F)c(Cl)c1. The lowest BCUT2D eigenvalue weighted by Crippen LogP contribution is -2.36. The van der Waals surface area contributed by atoms with Crippen LogP contribution in [0.1, 0.15) is 23.5 Å². The molecule has 0 spiro atoms. The number of hydrogen-bond donors (Lipinski definition) is 1. The van der Waals surface area contributed by atoms with Gasteiger partial charge >= 0.3 is 0 Å². The number of nitrogens with zero attached hydrogens (tertiary/aromatic N) is 4. The first-order chi connectivity index (χ1) is 14.5. The van der Waals surface area contributed by atoms with E-state index in [1.165, 1.54) is 6.07 Å². The van der Waals surface area contributed by atoms with Crippen LogP contribution < -0.4 is 5.32 Å². The van der Waals surface area contributed by atoms with Crippen molar-refractivity contribution in [2.24, 2.45) is 0 Å². The number of halogens is 2.